The first kappa shape index (κ1) is 14.9. The van der Waals surface area contributed by atoms with Gasteiger partial charge in [-0.15, -0.1) is 0 Å². The summed E-state index contributed by atoms with van der Waals surface area (Å²) in [6.45, 7) is 0. The molecule has 0 nitrogen and oxygen atoms in total. The van der Waals surface area contributed by atoms with E-state index in [0.29, 0.717) is 10.0 Å². The summed E-state index contributed by atoms with van der Waals surface area (Å²) >= 11 is 23.0. The number of hydrogen-bond acceptors (Lipinski definition) is 0. The molecule has 2 aromatic rings. The van der Waals surface area contributed by atoms with Gasteiger partial charge in [-0.2, -0.15) is 0 Å². The maximum Gasteiger partial charge on any atom is 0.0671 e. The van der Waals surface area contributed by atoms with Crippen molar-refractivity contribution in [2.75, 3.05) is 0 Å². The quantitative estimate of drug-likeness (QED) is 0.412. The summed E-state index contributed by atoms with van der Waals surface area (Å²) in [7, 11) is 0. The van der Waals surface area contributed by atoms with Crippen molar-refractivity contribution in [2.24, 2.45) is 0 Å². The number of halogens is 5. The van der Waals surface area contributed by atoms with Crippen molar-refractivity contribution >= 4 is 71.0 Å². The molecule has 0 aliphatic carbocycles. The fourth-order valence-corrected chi connectivity index (χ4v) is 4.06. The fourth-order valence-electron chi connectivity index (χ4n) is 1.59. The second kappa shape index (κ2) is 6.27. The third-order valence-corrected chi connectivity index (χ3v) is 5.52. The molecule has 0 aliphatic heterocycles. The average Bonchev–Trinajstić information content (AvgIpc) is 2.35. The molecule has 0 heterocycles. The van der Waals surface area contributed by atoms with Gasteiger partial charge < -0.3 is 0 Å². The summed E-state index contributed by atoms with van der Waals surface area (Å²) < 4.78 is 2.03. The minimum Gasteiger partial charge on any atom is -0.0827 e. The predicted molar refractivity (Wildman–Crippen MR) is 89.1 cm³/mol. The van der Waals surface area contributed by atoms with Gasteiger partial charge in [0.05, 0.1) is 14.9 Å². The van der Waals surface area contributed by atoms with Crippen molar-refractivity contribution in [3.05, 3.63) is 66.5 Å². The standard InChI is InChI=1S/C13H7Br3Cl2/c14-7-4-5-10(15)9(6-7)12(16)8-2-1-3-11(17)13(8)18/h1-6,12H. The SMILES string of the molecule is Clc1cccc(C(Br)c2cc(Br)ccc2Br)c1Cl. The number of benzene rings is 2. The zero-order valence-electron chi connectivity index (χ0n) is 8.93. The first-order valence-corrected chi connectivity index (χ1v) is 8.29. The zero-order chi connectivity index (χ0) is 13.3. The number of rotatable bonds is 2. The lowest BCUT2D eigenvalue weighted by Crippen LogP contribution is -1.95. The van der Waals surface area contributed by atoms with Crippen LogP contribution in [0.2, 0.25) is 10.0 Å². The van der Waals surface area contributed by atoms with Crippen LogP contribution in [0.25, 0.3) is 0 Å². The molecular formula is C13H7Br3Cl2. The van der Waals surface area contributed by atoms with E-state index in [1.54, 1.807) is 6.07 Å². The summed E-state index contributed by atoms with van der Waals surface area (Å²) in [5, 5.41) is 1.14. The van der Waals surface area contributed by atoms with Crippen molar-refractivity contribution in [2.45, 2.75) is 4.83 Å². The second-order valence-corrected chi connectivity index (χ2v) is 7.14. The Morgan fingerprint density at radius 1 is 0.944 bits per heavy atom. The molecule has 0 spiro atoms. The molecule has 0 N–H and O–H groups in total. The Morgan fingerprint density at radius 2 is 1.67 bits per heavy atom. The van der Waals surface area contributed by atoms with Crippen LogP contribution in [-0.2, 0) is 0 Å². The van der Waals surface area contributed by atoms with Crippen LogP contribution >= 0.6 is 71.0 Å². The van der Waals surface area contributed by atoms with E-state index in [1.807, 2.05) is 30.3 Å². The first-order chi connectivity index (χ1) is 8.50. The monoisotopic (exact) mass is 470 g/mol. The molecule has 0 aromatic heterocycles. The third-order valence-electron chi connectivity index (χ3n) is 2.49. The lowest BCUT2D eigenvalue weighted by atomic mass is 10.0. The Bertz CT molecular complexity index is 582. The highest BCUT2D eigenvalue weighted by molar-refractivity contribution is 9.11. The van der Waals surface area contributed by atoms with Crippen molar-refractivity contribution in [1.29, 1.82) is 0 Å². The molecule has 0 aliphatic rings. The Morgan fingerprint density at radius 3 is 2.39 bits per heavy atom. The van der Waals surface area contributed by atoms with Gasteiger partial charge in [-0.3, -0.25) is 0 Å². The van der Waals surface area contributed by atoms with Crippen molar-refractivity contribution < 1.29 is 0 Å². The zero-order valence-corrected chi connectivity index (χ0v) is 15.2. The number of alkyl halides is 1. The van der Waals surface area contributed by atoms with Crippen LogP contribution in [0.1, 0.15) is 16.0 Å². The maximum absolute atomic E-state index is 6.24. The van der Waals surface area contributed by atoms with Crippen molar-refractivity contribution in [3.63, 3.8) is 0 Å². The molecule has 5 heteroatoms. The van der Waals surface area contributed by atoms with Crippen LogP contribution in [0.3, 0.4) is 0 Å². The molecular weight excluding hydrogens is 467 g/mol. The molecule has 1 unspecified atom stereocenters. The van der Waals surface area contributed by atoms with Gasteiger partial charge in [0.1, 0.15) is 0 Å². The van der Waals surface area contributed by atoms with E-state index >= 15 is 0 Å². The van der Waals surface area contributed by atoms with E-state index in [4.69, 9.17) is 23.2 Å². The molecule has 2 aromatic carbocycles. The molecule has 2 rings (SSSR count). The van der Waals surface area contributed by atoms with Gasteiger partial charge >= 0.3 is 0 Å². The molecule has 0 radical (unpaired) electrons. The number of hydrogen-bond donors (Lipinski definition) is 0. The summed E-state index contributed by atoms with van der Waals surface area (Å²) in [6, 6.07) is 11.6. The summed E-state index contributed by atoms with van der Waals surface area (Å²) in [5.41, 5.74) is 2.04. The van der Waals surface area contributed by atoms with Gasteiger partial charge in [0.15, 0.2) is 0 Å². The highest BCUT2D eigenvalue weighted by atomic mass is 79.9. The van der Waals surface area contributed by atoms with E-state index < -0.39 is 0 Å². The summed E-state index contributed by atoms with van der Waals surface area (Å²) in [5.74, 6) is 0. The largest absolute Gasteiger partial charge is 0.0827 e. The molecule has 0 saturated carbocycles. The maximum atomic E-state index is 6.24. The van der Waals surface area contributed by atoms with Gasteiger partial charge in [0.25, 0.3) is 0 Å². The van der Waals surface area contributed by atoms with Crippen LogP contribution < -0.4 is 0 Å². The van der Waals surface area contributed by atoms with E-state index in [9.17, 15) is 0 Å². The third kappa shape index (κ3) is 3.13. The molecule has 0 amide bonds. The van der Waals surface area contributed by atoms with Gasteiger partial charge in [0, 0.05) is 8.95 Å². The Hall–Kier alpha value is 0.460. The summed E-state index contributed by atoms with van der Waals surface area (Å²) in [4.78, 5) is -0.0180. The lowest BCUT2D eigenvalue weighted by Gasteiger charge is -2.15. The van der Waals surface area contributed by atoms with Gasteiger partial charge in [-0.1, -0.05) is 83.1 Å². The fraction of sp³-hybridized carbons (Fsp3) is 0.0769. The van der Waals surface area contributed by atoms with Crippen LogP contribution in [0.15, 0.2) is 45.3 Å². The van der Waals surface area contributed by atoms with Crippen molar-refractivity contribution in [1.82, 2.24) is 0 Å². The summed E-state index contributed by atoms with van der Waals surface area (Å²) in [6.07, 6.45) is 0. The normalized spacial score (nSPS) is 12.5. The van der Waals surface area contributed by atoms with E-state index in [2.05, 4.69) is 47.8 Å². The smallest absolute Gasteiger partial charge is 0.0671 e. The molecule has 0 bridgehead atoms. The Balaban J connectivity index is 2.51. The predicted octanol–water partition coefficient (Wildman–Crippen LogP) is 7.00. The molecule has 94 valence electrons. The molecule has 18 heavy (non-hydrogen) atoms. The lowest BCUT2D eigenvalue weighted by molar-refractivity contribution is 1.16. The van der Waals surface area contributed by atoms with E-state index in [0.717, 1.165) is 20.1 Å². The van der Waals surface area contributed by atoms with Crippen LogP contribution in [0.4, 0.5) is 0 Å². The van der Waals surface area contributed by atoms with Gasteiger partial charge in [-0.25, -0.2) is 0 Å². The van der Waals surface area contributed by atoms with Gasteiger partial charge in [-0.05, 0) is 35.4 Å². The highest BCUT2D eigenvalue weighted by Crippen LogP contribution is 2.41. The van der Waals surface area contributed by atoms with Crippen LogP contribution in [0.5, 0.6) is 0 Å². The Kier molecular flexibility index (Phi) is 5.18. The second-order valence-electron chi connectivity index (χ2n) is 3.67. The van der Waals surface area contributed by atoms with Crippen LogP contribution in [0, 0.1) is 0 Å². The Labute approximate surface area is 141 Å². The molecule has 0 saturated heterocycles. The van der Waals surface area contributed by atoms with Crippen LogP contribution in [-0.4, -0.2) is 0 Å². The minimum absolute atomic E-state index is 0.0180. The topological polar surface area (TPSA) is 0 Å². The highest BCUT2D eigenvalue weighted by Gasteiger charge is 2.18. The first-order valence-electron chi connectivity index (χ1n) is 5.03. The van der Waals surface area contributed by atoms with Gasteiger partial charge in [0.2, 0.25) is 0 Å². The molecule has 1 atom stereocenters. The minimum atomic E-state index is -0.0180. The van der Waals surface area contributed by atoms with Crippen molar-refractivity contribution in [3.8, 4) is 0 Å². The van der Waals surface area contributed by atoms with E-state index in [-0.39, 0.29) is 4.83 Å². The van der Waals surface area contributed by atoms with E-state index in [1.165, 1.54) is 0 Å². The average molecular weight is 474 g/mol. The molecule has 0 fully saturated rings.